The Bertz CT molecular complexity index is 209. The minimum absolute atomic E-state index is 0.137. The zero-order valence-electron chi connectivity index (χ0n) is 9.14. The van der Waals surface area contributed by atoms with Crippen molar-refractivity contribution >= 4 is 0 Å². The lowest BCUT2D eigenvalue weighted by atomic mass is 9.66. The van der Waals surface area contributed by atoms with Crippen molar-refractivity contribution in [2.45, 2.75) is 58.5 Å². The second-order valence-electron chi connectivity index (χ2n) is 5.73. The summed E-state index contributed by atoms with van der Waals surface area (Å²) in [5, 5.41) is 10.7. The molecule has 1 heteroatoms. The molecular formula is C12H22O. The van der Waals surface area contributed by atoms with Gasteiger partial charge in [-0.1, -0.05) is 33.6 Å². The molecule has 0 aromatic heterocycles. The first kappa shape index (κ1) is 9.51. The average molecular weight is 182 g/mol. The number of hydrogen-bond acceptors (Lipinski definition) is 1. The van der Waals surface area contributed by atoms with E-state index < -0.39 is 0 Å². The third kappa shape index (κ3) is 1.09. The molecule has 76 valence electrons. The van der Waals surface area contributed by atoms with E-state index in [1.165, 1.54) is 25.7 Å². The van der Waals surface area contributed by atoms with Crippen LogP contribution in [-0.4, -0.2) is 10.7 Å². The van der Waals surface area contributed by atoms with Gasteiger partial charge >= 0.3 is 0 Å². The molecule has 1 nitrogen and oxygen atoms in total. The van der Waals surface area contributed by atoms with Gasteiger partial charge in [0.25, 0.3) is 0 Å². The number of rotatable bonds is 0. The third-order valence-electron chi connectivity index (χ3n) is 5.02. The van der Waals surface area contributed by atoms with E-state index in [-0.39, 0.29) is 11.0 Å². The van der Waals surface area contributed by atoms with Crippen LogP contribution in [0.1, 0.15) is 52.9 Å². The fourth-order valence-electron chi connectivity index (χ4n) is 3.54. The van der Waals surface area contributed by atoms with Gasteiger partial charge in [-0.05, 0) is 36.5 Å². The van der Waals surface area contributed by atoms with Crippen LogP contribution in [0.15, 0.2) is 0 Å². The molecular weight excluding hydrogens is 160 g/mol. The molecule has 2 aliphatic carbocycles. The first-order valence-corrected chi connectivity index (χ1v) is 5.71. The quantitative estimate of drug-likeness (QED) is 0.610. The maximum Gasteiger partial charge on any atom is 0.0729 e. The van der Waals surface area contributed by atoms with Crippen LogP contribution < -0.4 is 0 Å². The van der Waals surface area contributed by atoms with Crippen LogP contribution in [0.3, 0.4) is 0 Å². The predicted molar refractivity (Wildman–Crippen MR) is 54.5 cm³/mol. The van der Waals surface area contributed by atoms with Gasteiger partial charge in [0.05, 0.1) is 5.60 Å². The van der Waals surface area contributed by atoms with Gasteiger partial charge in [-0.25, -0.2) is 0 Å². The molecule has 0 amide bonds. The van der Waals surface area contributed by atoms with E-state index in [0.717, 1.165) is 6.42 Å². The molecule has 0 bridgehead atoms. The molecule has 0 spiro atoms. The Kier molecular flexibility index (Phi) is 1.99. The highest BCUT2D eigenvalue weighted by atomic mass is 16.3. The lowest BCUT2D eigenvalue weighted by Gasteiger charge is -2.45. The van der Waals surface area contributed by atoms with Gasteiger partial charge in [-0.15, -0.1) is 0 Å². The van der Waals surface area contributed by atoms with Gasteiger partial charge in [0.1, 0.15) is 0 Å². The minimum atomic E-state index is -0.343. The normalized spacial score (nSPS) is 48.9. The number of fused-ring (bicyclic) bond motifs is 1. The molecule has 2 fully saturated rings. The monoisotopic (exact) mass is 182 g/mol. The molecule has 13 heavy (non-hydrogen) atoms. The van der Waals surface area contributed by atoms with Gasteiger partial charge in [0.15, 0.2) is 0 Å². The lowest BCUT2D eigenvalue weighted by Crippen LogP contribution is -2.48. The van der Waals surface area contributed by atoms with Crippen molar-refractivity contribution in [2.75, 3.05) is 0 Å². The molecule has 0 radical (unpaired) electrons. The van der Waals surface area contributed by atoms with Crippen molar-refractivity contribution in [2.24, 2.45) is 17.3 Å². The molecule has 0 aliphatic heterocycles. The predicted octanol–water partition coefficient (Wildman–Crippen LogP) is 2.97. The smallest absolute Gasteiger partial charge is 0.0729 e. The molecule has 2 saturated carbocycles. The molecule has 0 aromatic rings. The van der Waals surface area contributed by atoms with Crippen molar-refractivity contribution in [3.8, 4) is 0 Å². The summed E-state index contributed by atoms with van der Waals surface area (Å²) < 4.78 is 0. The topological polar surface area (TPSA) is 20.2 Å². The van der Waals surface area contributed by atoms with Crippen molar-refractivity contribution in [1.82, 2.24) is 0 Å². The third-order valence-corrected chi connectivity index (χ3v) is 5.02. The maximum atomic E-state index is 10.7. The molecule has 0 aromatic carbocycles. The highest BCUT2D eigenvalue weighted by molar-refractivity contribution is 5.08. The summed E-state index contributed by atoms with van der Waals surface area (Å²) >= 11 is 0. The van der Waals surface area contributed by atoms with Gasteiger partial charge in [0, 0.05) is 0 Å². The molecule has 0 heterocycles. The van der Waals surface area contributed by atoms with E-state index in [2.05, 4.69) is 20.8 Å². The first-order chi connectivity index (χ1) is 5.98. The van der Waals surface area contributed by atoms with Crippen LogP contribution in [0, 0.1) is 17.3 Å². The fraction of sp³-hybridized carbons (Fsp3) is 1.00. The van der Waals surface area contributed by atoms with E-state index in [1.807, 2.05) is 0 Å². The Balaban J connectivity index is 2.31. The lowest BCUT2D eigenvalue weighted by molar-refractivity contribution is -0.105. The highest BCUT2D eigenvalue weighted by Gasteiger charge is 2.57. The van der Waals surface area contributed by atoms with Gasteiger partial charge < -0.3 is 5.11 Å². The Morgan fingerprint density at radius 3 is 2.54 bits per heavy atom. The molecule has 2 aliphatic rings. The molecule has 3 atom stereocenters. The van der Waals surface area contributed by atoms with Gasteiger partial charge in [-0.3, -0.25) is 0 Å². The Morgan fingerprint density at radius 2 is 1.92 bits per heavy atom. The average Bonchev–Trinajstić information content (AvgIpc) is 2.24. The van der Waals surface area contributed by atoms with Gasteiger partial charge in [-0.2, -0.15) is 0 Å². The summed E-state index contributed by atoms with van der Waals surface area (Å²) in [5.41, 5.74) is -0.206. The van der Waals surface area contributed by atoms with Crippen LogP contribution in [0.5, 0.6) is 0 Å². The summed E-state index contributed by atoms with van der Waals surface area (Å²) in [7, 11) is 0. The minimum Gasteiger partial charge on any atom is -0.389 e. The van der Waals surface area contributed by atoms with Crippen molar-refractivity contribution in [3.05, 3.63) is 0 Å². The van der Waals surface area contributed by atoms with Crippen LogP contribution in [-0.2, 0) is 0 Å². The fourth-order valence-corrected chi connectivity index (χ4v) is 3.54. The van der Waals surface area contributed by atoms with Crippen LogP contribution >= 0.6 is 0 Å². The Labute approximate surface area is 81.5 Å². The SMILES string of the molecule is C[C@H]1C[C@H]2CCCC[C@@]2(O)C1(C)C. The van der Waals surface area contributed by atoms with Crippen molar-refractivity contribution in [1.29, 1.82) is 0 Å². The van der Waals surface area contributed by atoms with Crippen molar-refractivity contribution in [3.63, 3.8) is 0 Å². The summed E-state index contributed by atoms with van der Waals surface area (Å²) in [6.45, 7) is 6.81. The zero-order valence-corrected chi connectivity index (χ0v) is 9.14. The molecule has 1 N–H and O–H groups in total. The van der Waals surface area contributed by atoms with Gasteiger partial charge in [0.2, 0.25) is 0 Å². The number of aliphatic hydroxyl groups is 1. The summed E-state index contributed by atoms with van der Waals surface area (Å²) in [5.74, 6) is 1.27. The van der Waals surface area contributed by atoms with E-state index >= 15 is 0 Å². The van der Waals surface area contributed by atoms with E-state index in [4.69, 9.17) is 0 Å². The van der Waals surface area contributed by atoms with E-state index in [9.17, 15) is 5.11 Å². The molecule has 2 rings (SSSR count). The second kappa shape index (κ2) is 2.73. The van der Waals surface area contributed by atoms with Crippen LogP contribution in [0.4, 0.5) is 0 Å². The maximum absolute atomic E-state index is 10.7. The zero-order chi connectivity index (χ0) is 9.69. The Morgan fingerprint density at radius 1 is 1.23 bits per heavy atom. The largest absolute Gasteiger partial charge is 0.389 e. The Hall–Kier alpha value is -0.0400. The molecule has 0 unspecified atom stereocenters. The first-order valence-electron chi connectivity index (χ1n) is 5.71. The summed E-state index contributed by atoms with van der Waals surface area (Å²) in [4.78, 5) is 0. The summed E-state index contributed by atoms with van der Waals surface area (Å²) in [6, 6.07) is 0. The molecule has 0 saturated heterocycles. The standard InChI is InChI=1S/C12H22O/c1-9-8-10-6-4-5-7-12(10,13)11(9,2)3/h9-10,13H,4-8H2,1-3H3/t9-,10+,12-/m0/s1. The van der Waals surface area contributed by atoms with E-state index in [1.54, 1.807) is 0 Å². The second-order valence-corrected chi connectivity index (χ2v) is 5.73. The highest BCUT2D eigenvalue weighted by Crippen LogP contribution is 2.58. The van der Waals surface area contributed by atoms with Crippen molar-refractivity contribution < 1.29 is 5.11 Å². The van der Waals surface area contributed by atoms with E-state index in [0.29, 0.717) is 11.8 Å². The number of hydrogen-bond donors (Lipinski definition) is 1. The van der Waals surface area contributed by atoms with Crippen LogP contribution in [0.25, 0.3) is 0 Å². The summed E-state index contributed by atoms with van der Waals surface area (Å²) in [6.07, 6.45) is 6.09. The van der Waals surface area contributed by atoms with Crippen LogP contribution in [0.2, 0.25) is 0 Å².